The Morgan fingerprint density at radius 1 is 0.629 bits per heavy atom. The Hall–Kier alpha value is -3.87. The van der Waals surface area contributed by atoms with E-state index in [-0.39, 0.29) is 21.1 Å². The fourth-order valence-corrected chi connectivity index (χ4v) is 4.38. The third-order valence-electron chi connectivity index (χ3n) is 5.98. The molecule has 6 aromatic rings. The molecule has 0 amide bonds. The van der Waals surface area contributed by atoms with Gasteiger partial charge in [-0.2, -0.15) is 23.8 Å². The maximum absolute atomic E-state index is 4.65. The predicted octanol–water partition coefficient (Wildman–Crippen LogP) is 7.78. The normalized spacial score (nSPS) is 11.1. The summed E-state index contributed by atoms with van der Waals surface area (Å²) in [6.07, 6.45) is 9.20. The van der Waals surface area contributed by atoms with E-state index in [0.29, 0.717) is 0 Å². The monoisotopic (exact) mass is 627 g/mol. The second-order valence-corrected chi connectivity index (χ2v) is 8.11. The van der Waals surface area contributed by atoms with Crippen LogP contribution in [0.1, 0.15) is 11.1 Å². The number of aromatic nitrogens is 2. The molecule has 35 heavy (non-hydrogen) atoms. The second kappa shape index (κ2) is 10.2. The first-order valence-corrected chi connectivity index (χ1v) is 11.3. The fraction of sp³-hybridized carbons (Fsp3) is 0. The molecule has 0 aliphatic carbocycles. The number of rotatable bonds is 4. The van der Waals surface area contributed by atoms with Gasteiger partial charge in [0.1, 0.15) is 0 Å². The number of hydrogen-bond acceptors (Lipinski definition) is 2. The van der Waals surface area contributed by atoms with Crippen molar-refractivity contribution in [3.8, 4) is 22.5 Å². The molecule has 0 saturated carbocycles. The Morgan fingerprint density at radius 3 is 2.23 bits per heavy atom. The van der Waals surface area contributed by atoms with Crippen molar-refractivity contribution in [2.24, 2.45) is 0 Å². The minimum Gasteiger partial charge on any atom is -0.295 e. The molecule has 0 unspecified atom stereocenters. The van der Waals surface area contributed by atoms with Gasteiger partial charge in [0.25, 0.3) is 0 Å². The first kappa shape index (κ1) is 22.9. The van der Waals surface area contributed by atoms with Crippen LogP contribution >= 0.6 is 0 Å². The van der Waals surface area contributed by atoms with Gasteiger partial charge in [0, 0.05) is 23.8 Å². The van der Waals surface area contributed by atoms with Crippen LogP contribution in [-0.4, -0.2) is 9.97 Å². The van der Waals surface area contributed by atoms with Crippen LogP contribution in [-0.2, 0) is 21.1 Å². The number of benzene rings is 4. The minimum atomic E-state index is 0. The zero-order chi connectivity index (χ0) is 22.7. The Bertz CT molecular complexity index is 1650. The molecule has 0 radical (unpaired) electrons. The largest absolute Gasteiger partial charge is 2.00 e. The van der Waals surface area contributed by atoms with Crippen LogP contribution in [0.2, 0.25) is 0 Å². The molecule has 0 aliphatic rings. The number of hydrogen-bond donors (Lipinski definition) is 0. The van der Waals surface area contributed by atoms with Gasteiger partial charge in [-0.25, -0.2) is 6.08 Å². The van der Waals surface area contributed by atoms with Crippen molar-refractivity contribution in [1.29, 1.82) is 0 Å². The average Bonchev–Trinajstić information content (AvgIpc) is 2.92. The van der Waals surface area contributed by atoms with Crippen molar-refractivity contribution < 1.29 is 21.1 Å². The SMILES string of the molecule is [C-](=Cc1[c-]c(-c2nccc3ccccc23)ccc1)c1ccc2ccccc2c1-c1ccccn1.[Pt+2]. The van der Waals surface area contributed by atoms with E-state index >= 15 is 0 Å². The van der Waals surface area contributed by atoms with Crippen LogP contribution in [0, 0.1) is 12.1 Å². The van der Waals surface area contributed by atoms with E-state index in [4.69, 9.17) is 0 Å². The zero-order valence-corrected chi connectivity index (χ0v) is 21.0. The number of fused-ring (bicyclic) bond motifs is 2. The Balaban J connectivity index is 0.00000253. The van der Waals surface area contributed by atoms with Crippen LogP contribution in [0.5, 0.6) is 0 Å². The molecule has 0 spiro atoms. The van der Waals surface area contributed by atoms with Crippen molar-refractivity contribution in [3.63, 3.8) is 0 Å². The molecule has 2 nitrogen and oxygen atoms in total. The van der Waals surface area contributed by atoms with Gasteiger partial charge in [-0.1, -0.05) is 71.6 Å². The van der Waals surface area contributed by atoms with Gasteiger partial charge >= 0.3 is 21.1 Å². The summed E-state index contributed by atoms with van der Waals surface area (Å²) < 4.78 is 0. The van der Waals surface area contributed by atoms with Crippen LogP contribution < -0.4 is 0 Å². The molecule has 2 heterocycles. The van der Waals surface area contributed by atoms with E-state index < -0.39 is 0 Å². The van der Waals surface area contributed by atoms with Gasteiger partial charge in [0.15, 0.2) is 0 Å². The summed E-state index contributed by atoms with van der Waals surface area (Å²) in [7, 11) is 0. The first-order chi connectivity index (χ1) is 16.9. The average molecular weight is 628 g/mol. The van der Waals surface area contributed by atoms with Crippen molar-refractivity contribution in [2.45, 2.75) is 0 Å². The summed E-state index contributed by atoms with van der Waals surface area (Å²) in [6, 6.07) is 38.7. The standard InChI is InChI=1S/C32H20N2.Pt/c1-3-12-28-24(9-1)17-18-26(31(28)30-14-5-6-20-33-30)16-15-23-8-7-11-27(22-23)32-29-13-4-2-10-25(29)19-21-34-32;/h1-15,17-21H;/q-2;+2. The van der Waals surface area contributed by atoms with Crippen molar-refractivity contribution in [2.75, 3.05) is 0 Å². The van der Waals surface area contributed by atoms with Crippen molar-refractivity contribution in [3.05, 3.63) is 139 Å². The maximum Gasteiger partial charge on any atom is 2.00 e. The van der Waals surface area contributed by atoms with Gasteiger partial charge in [-0.3, -0.25) is 9.97 Å². The third-order valence-corrected chi connectivity index (χ3v) is 5.98. The number of pyridine rings is 2. The quantitative estimate of drug-likeness (QED) is 0.147. The first-order valence-electron chi connectivity index (χ1n) is 11.3. The molecule has 3 heteroatoms. The van der Waals surface area contributed by atoms with Crippen LogP contribution in [0.15, 0.2) is 116 Å². The van der Waals surface area contributed by atoms with Crippen LogP contribution in [0.3, 0.4) is 0 Å². The molecule has 0 aliphatic heterocycles. The molecule has 0 N–H and O–H groups in total. The predicted molar refractivity (Wildman–Crippen MR) is 140 cm³/mol. The summed E-state index contributed by atoms with van der Waals surface area (Å²) in [5, 5.41) is 4.64. The van der Waals surface area contributed by atoms with Gasteiger partial charge in [0.2, 0.25) is 0 Å². The van der Waals surface area contributed by atoms with Crippen LogP contribution in [0.4, 0.5) is 0 Å². The van der Waals surface area contributed by atoms with Crippen molar-refractivity contribution in [1.82, 2.24) is 9.97 Å². The Morgan fingerprint density at radius 2 is 1.40 bits per heavy atom. The summed E-state index contributed by atoms with van der Waals surface area (Å²) in [6.45, 7) is 0. The summed E-state index contributed by atoms with van der Waals surface area (Å²) in [5.74, 6) is 0. The van der Waals surface area contributed by atoms with E-state index in [1.807, 2.05) is 67.0 Å². The molecular formula is C32H20N2Pt. The van der Waals surface area contributed by atoms with Gasteiger partial charge < -0.3 is 0 Å². The van der Waals surface area contributed by atoms with E-state index in [1.54, 1.807) is 0 Å². The molecule has 0 bridgehead atoms. The molecule has 0 saturated heterocycles. The molecule has 168 valence electrons. The molecule has 2 aromatic heterocycles. The van der Waals surface area contributed by atoms with E-state index in [2.05, 4.69) is 76.7 Å². The zero-order valence-electron chi connectivity index (χ0n) is 18.8. The Labute approximate surface area is 219 Å². The molecular weight excluding hydrogens is 607 g/mol. The molecule has 4 aromatic carbocycles. The summed E-state index contributed by atoms with van der Waals surface area (Å²) in [5.41, 5.74) is 5.88. The van der Waals surface area contributed by atoms with Crippen LogP contribution in [0.25, 0.3) is 50.1 Å². The van der Waals surface area contributed by atoms with E-state index in [0.717, 1.165) is 44.4 Å². The maximum atomic E-state index is 4.65. The van der Waals surface area contributed by atoms with Crippen molar-refractivity contribution >= 4 is 27.6 Å². The topological polar surface area (TPSA) is 25.8 Å². The van der Waals surface area contributed by atoms with Gasteiger partial charge in [0.05, 0.1) is 0 Å². The summed E-state index contributed by atoms with van der Waals surface area (Å²) in [4.78, 5) is 9.28. The fourth-order valence-electron chi connectivity index (χ4n) is 4.38. The minimum absolute atomic E-state index is 0. The smallest absolute Gasteiger partial charge is 0.295 e. The molecule has 0 atom stereocenters. The Kier molecular flexibility index (Phi) is 6.66. The second-order valence-electron chi connectivity index (χ2n) is 8.11. The molecule has 6 rings (SSSR count). The van der Waals surface area contributed by atoms with E-state index in [1.165, 1.54) is 10.8 Å². The molecule has 0 fully saturated rings. The summed E-state index contributed by atoms with van der Waals surface area (Å²) >= 11 is 0. The van der Waals surface area contributed by atoms with E-state index in [9.17, 15) is 0 Å². The third kappa shape index (κ3) is 4.58. The van der Waals surface area contributed by atoms with Gasteiger partial charge in [-0.15, -0.1) is 29.3 Å². The van der Waals surface area contributed by atoms with Gasteiger partial charge in [-0.05, 0) is 34.4 Å². The number of nitrogens with zero attached hydrogens (tertiary/aromatic N) is 2.